The van der Waals surface area contributed by atoms with Crippen LogP contribution in [0, 0.1) is 6.92 Å². The number of amides is 1. The minimum Gasteiger partial charge on any atom is -0.352 e. The molecule has 150 valence electrons. The van der Waals surface area contributed by atoms with Gasteiger partial charge in [-0.25, -0.2) is 12.7 Å². The first kappa shape index (κ1) is 21.8. The Bertz CT molecular complexity index is 937. The molecule has 0 aromatic heterocycles. The van der Waals surface area contributed by atoms with E-state index in [2.05, 4.69) is 5.32 Å². The smallest absolute Gasteiger partial charge is 0.242 e. The first-order valence-electron chi connectivity index (χ1n) is 9.10. The van der Waals surface area contributed by atoms with Crippen LogP contribution in [0.3, 0.4) is 0 Å². The molecular formula is C21H26N2O4S. The number of ketones is 1. The maximum atomic E-state index is 12.6. The van der Waals surface area contributed by atoms with Crippen LogP contribution in [-0.2, 0) is 21.4 Å². The predicted molar refractivity (Wildman–Crippen MR) is 109 cm³/mol. The number of carbonyl (C=O) groups excluding carboxylic acids is 2. The summed E-state index contributed by atoms with van der Waals surface area (Å²) in [4.78, 5) is 23.5. The van der Waals surface area contributed by atoms with Gasteiger partial charge in [0.1, 0.15) is 0 Å². The third-order valence-electron chi connectivity index (χ3n) is 4.58. The van der Waals surface area contributed by atoms with Crippen LogP contribution < -0.4 is 5.32 Å². The molecule has 0 bridgehead atoms. The van der Waals surface area contributed by atoms with Gasteiger partial charge in [-0.2, -0.15) is 0 Å². The van der Waals surface area contributed by atoms with Crippen LogP contribution in [0.2, 0.25) is 0 Å². The summed E-state index contributed by atoms with van der Waals surface area (Å²) in [6.45, 7) is 4.11. The average molecular weight is 403 g/mol. The van der Waals surface area contributed by atoms with Crippen molar-refractivity contribution in [2.75, 3.05) is 13.6 Å². The standard InChI is InChI=1S/C21H26N2O4S/c1-16-7-4-5-8-19(16)15-22-21(25)9-6-14-23(3)28(26,27)20-12-10-18(11-13-20)17(2)24/h4-5,7-8,10-13H,6,9,14-15H2,1-3H3,(H,22,25). The molecule has 2 aromatic carbocycles. The van der Waals surface area contributed by atoms with E-state index in [9.17, 15) is 18.0 Å². The second-order valence-electron chi connectivity index (χ2n) is 6.71. The minimum atomic E-state index is -3.65. The number of benzene rings is 2. The number of carbonyl (C=O) groups is 2. The van der Waals surface area contributed by atoms with Gasteiger partial charge in [0, 0.05) is 32.1 Å². The first-order valence-corrected chi connectivity index (χ1v) is 10.5. The number of Topliss-reactive ketones (excluding diaryl/α,β-unsaturated/α-hetero) is 1. The highest BCUT2D eigenvalue weighted by Gasteiger charge is 2.20. The summed E-state index contributed by atoms with van der Waals surface area (Å²) >= 11 is 0. The quantitative estimate of drug-likeness (QED) is 0.654. The molecule has 2 aromatic rings. The lowest BCUT2D eigenvalue weighted by Crippen LogP contribution is -2.29. The summed E-state index contributed by atoms with van der Waals surface area (Å²) in [6.07, 6.45) is 0.663. The summed E-state index contributed by atoms with van der Waals surface area (Å²) < 4.78 is 26.4. The normalized spacial score (nSPS) is 11.4. The van der Waals surface area contributed by atoms with E-state index in [-0.39, 0.29) is 29.6 Å². The molecule has 7 heteroatoms. The Morgan fingerprint density at radius 3 is 2.29 bits per heavy atom. The van der Waals surface area contributed by atoms with E-state index in [0.717, 1.165) is 11.1 Å². The Labute approximate surface area is 166 Å². The predicted octanol–water partition coefficient (Wildman–Crippen LogP) is 2.91. The van der Waals surface area contributed by atoms with Gasteiger partial charge in [0.05, 0.1) is 4.90 Å². The van der Waals surface area contributed by atoms with E-state index in [4.69, 9.17) is 0 Å². The highest BCUT2D eigenvalue weighted by atomic mass is 32.2. The van der Waals surface area contributed by atoms with Crippen molar-refractivity contribution in [3.63, 3.8) is 0 Å². The van der Waals surface area contributed by atoms with Gasteiger partial charge in [-0.15, -0.1) is 0 Å². The molecule has 0 aliphatic rings. The van der Waals surface area contributed by atoms with Gasteiger partial charge >= 0.3 is 0 Å². The van der Waals surface area contributed by atoms with Crippen molar-refractivity contribution >= 4 is 21.7 Å². The molecule has 28 heavy (non-hydrogen) atoms. The van der Waals surface area contributed by atoms with Gasteiger partial charge < -0.3 is 5.32 Å². The van der Waals surface area contributed by atoms with Crippen molar-refractivity contribution in [2.45, 2.75) is 38.1 Å². The van der Waals surface area contributed by atoms with E-state index < -0.39 is 10.0 Å². The van der Waals surface area contributed by atoms with Crippen molar-refractivity contribution in [1.29, 1.82) is 0 Å². The zero-order valence-electron chi connectivity index (χ0n) is 16.4. The number of nitrogens with one attached hydrogen (secondary N) is 1. The Hall–Kier alpha value is -2.51. The van der Waals surface area contributed by atoms with Crippen molar-refractivity contribution in [3.8, 4) is 0 Å². The molecule has 6 nitrogen and oxygen atoms in total. The number of hydrogen-bond donors (Lipinski definition) is 1. The van der Waals surface area contributed by atoms with Gasteiger partial charge in [-0.3, -0.25) is 9.59 Å². The lowest BCUT2D eigenvalue weighted by molar-refractivity contribution is -0.121. The van der Waals surface area contributed by atoms with Gasteiger partial charge in [0.2, 0.25) is 15.9 Å². The maximum Gasteiger partial charge on any atom is 0.242 e. The van der Waals surface area contributed by atoms with Crippen LogP contribution in [0.1, 0.15) is 41.3 Å². The Morgan fingerprint density at radius 1 is 1.04 bits per heavy atom. The van der Waals surface area contributed by atoms with E-state index in [1.54, 1.807) is 0 Å². The van der Waals surface area contributed by atoms with E-state index >= 15 is 0 Å². The summed E-state index contributed by atoms with van der Waals surface area (Å²) in [7, 11) is -2.16. The van der Waals surface area contributed by atoms with Crippen LogP contribution in [0.4, 0.5) is 0 Å². The molecule has 0 aliphatic heterocycles. The van der Waals surface area contributed by atoms with Crippen molar-refractivity contribution in [2.24, 2.45) is 0 Å². The summed E-state index contributed by atoms with van der Waals surface area (Å²) in [6, 6.07) is 13.7. The third-order valence-corrected chi connectivity index (χ3v) is 6.45. The maximum absolute atomic E-state index is 12.6. The van der Waals surface area contributed by atoms with Crippen LogP contribution in [0.25, 0.3) is 0 Å². The van der Waals surface area contributed by atoms with Crippen molar-refractivity contribution < 1.29 is 18.0 Å². The fourth-order valence-corrected chi connectivity index (χ4v) is 3.92. The zero-order chi connectivity index (χ0) is 20.7. The molecular weight excluding hydrogens is 376 g/mol. The van der Waals surface area contributed by atoms with Crippen LogP contribution in [0.5, 0.6) is 0 Å². The van der Waals surface area contributed by atoms with Crippen molar-refractivity contribution in [1.82, 2.24) is 9.62 Å². The highest BCUT2D eigenvalue weighted by Crippen LogP contribution is 2.16. The number of sulfonamides is 1. The van der Waals surface area contributed by atoms with Gasteiger partial charge in [-0.1, -0.05) is 36.4 Å². The SMILES string of the molecule is CC(=O)c1ccc(S(=O)(=O)N(C)CCCC(=O)NCc2ccccc2C)cc1. The summed E-state index contributed by atoms with van der Waals surface area (Å²) in [5.74, 6) is -0.228. The lowest BCUT2D eigenvalue weighted by Gasteiger charge is -2.17. The van der Waals surface area contributed by atoms with Gasteiger partial charge in [-0.05, 0) is 43.5 Å². The summed E-state index contributed by atoms with van der Waals surface area (Å²) in [5, 5.41) is 2.86. The second-order valence-corrected chi connectivity index (χ2v) is 8.76. The molecule has 0 atom stereocenters. The van der Waals surface area contributed by atoms with E-state index in [1.165, 1.54) is 42.5 Å². The van der Waals surface area contributed by atoms with E-state index in [0.29, 0.717) is 18.5 Å². The summed E-state index contributed by atoms with van der Waals surface area (Å²) in [5.41, 5.74) is 2.64. The van der Waals surface area contributed by atoms with Crippen LogP contribution in [0.15, 0.2) is 53.4 Å². The molecule has 1 amide bonds. The Balaban J connectivity index is 1.83. The molecule has 0 heterocycles. The Kier molecular flexibility index (Phi) is 7.48. The molecule has 0 unspecified atom stereocenters. The monoisotopic (exact) mass is 402 g/mol. The highest BCUT2D eigenvalue weighted by molar-refractivity contribution is 7.89. The zero-order valence-corrected chi connectivity index (χ0v) is 17.3. The third kappa shape index (κ3) is 5.74. The van der Waals surface area contributed by atoms with Crippen molar-refractivity contribution in [3.05, 3.63) is 65.2 Å². The molecule has 0 saturated carbocycles. The minimum absolute atomic E-state index is 0.111. The molecule has 2 rings (SSSR count). The fraction of sp³-hybridized carbons (Fsp3) is 0.333. The number of aryl methyl sites for hydroxylation is 1. The Morgan fingerprint density at radius 2 is 1.68 bits per heavy atom. The van der Waals surface area contributed by atoms with E-state index in [1.807, 2.05) is 31.2 Å². The molecule has 0 radical (unpaired) electrons. The molecule has 0 aliphatic carbocycles. The molecule has 0 saturated heterocycles. The van der Waals surface area contributed by atoms with Crippen LogP contribution >= 0.6 is 0 Å². The number of hydrogen-bond acceptors (Lipinski definition) is 4. The molecule has 1 N–H and O–H groups in total. The fourth-order valence-electron chi connectivity index (χ4n) is 2.71. The molecule has 0 spiro atoms. The van der Waals surface area contributed by atoms with Gasteiger partial charge in [0.25, 0.3) is 0 Å². The van der Waals surface area contributed by atoms with Gasteiger partial charge in [0.15, 0.2) is 5.78 Å². The van der Waals surface area contributed by atoms with Crippen LogP contribution in [-0.4, -0.2) is 38.0 Å². The number of rotatable bonds is 9. The topological polar surface area (TPSA) is 83.6 Å². The molecule has 0 fully saturated rings. The average Bonchev–Trinajstić information content (AvgIpc) is 2.67. The largest absolute Gasteiger partial charge is 0.352 e. The number of nitrogens with zero attached hydrogens (tertiary/aromatic N) is 1. The second kappa shape index (κ2) is 9.61. The first-order chi connectivity index (χ1) is 13.2. The lowest BCUT2D eigenvalue weighted by atomic mass is 10.1.